The highest BCUT2D eigenvalue weighted by molar-refractivity contribution is 6.93. The lowest BCUT2D eigenvalue weighted by atomic mass is 10.5. The van der Waals surface area contributed by atoms with Gasteiger partial charge < -0.3 is 0 Å². The summed E-state index contributed by atoms with van der Waals surface area (Å²) in [6.07, 6.45) is 2.94. The highest BCUT2D eigenvalue weighted by Crippen LogP contribution is 2.32. The highest BCUT2D eigenvalue weighted by Gasteiger charge is 2.19. The van der Waals surface area contributed by atoms with Crippen molar-refractivity contribution in [2.45, 2.75) is 18.9 Å². The van der Waals surface area contributed by atoms with Gasteiger partial charge in [0.1, 0.15) is 8.83 Å². The molecule has 0 saturated heterocycles. The van der Waals surface area contributed by atoms with Crippen molar-refractivity contribution in [3.63, 3.8) is 0 Å². The lowest BCUT2D eigenvalue weighted by Crippen LogP contribution is -1.76. The summed E-state index contributed by atoms with van der Waals surface area (Å²) in [7, 11) is -0.0988. The van der Waals surface area contributed by atoms with Crippen LogP contribution in [0.4, 0.5) is 0 Å². The van der Waals surface area contributed by atoms with Crippen LogP contribution in [0, 0.1) is 5.92 Å². The van der Waals surface area contributed by atoms with Gasteiger partial charge in [-0.3, -0.25) is 0 Å². The van der Waals surface area contributed by atoms with Gasteiger partial charge in [-0.05, 0) is 12.0 Å². The molecule has 0 bridgehead atoms. The van der Waals surface area contributed by atoms with Gasteiger partial charge >= 0.3 is 0 Å². The summed E-state index contributed by atoms with van der Waals surface area (Å²) in [5.74, 6) is 1.08. The lowest BCUT2D eigenvalue weighted by Gasteiger charge is -1.79. The van der Waals surface area contributed by atoms with Crippen LogP contribution >= 0.6 is 11.1 Å². The molecular weight excluding hydrogens is 112 g/mol. The van der Waals surface area contributed by atoms with Gasteiger partial charge in [-0.2, -0.15) is 11.1 Å². The molecule has 0 heterocycles. The van der Waals surface area contributed by atoms with Crippen molar-refractivity contribution in [2.75, 3.05) is 0 Å². The Labute approximate surface area is 45.4 Å². The minimum atomic E-state index is -0.0988. The zero-order valence-electron chi connectivity index (χ0n) is 3.78. The van der Waals surface area contributed by atoms with Crippen LogP contribution in [0.25, 0.3) is 0 Å². The zero-order chi connectivity index (χ0) is 4.41. The molecule has 0 aromatic rings. The molecule has 1 fully saturated rings. The molecule has 0 aromatic heterocycles. The molecule has 6 heavy (non-hydrogen) atoms. The SMILES string of the molecule is Cl[SiH2]CC1CC1. The standard InChI is InChI=1S/C4H9ClSi/c5-6-3-4-1-2-4/h4H,1-3,6H2. The monoisotopic (exact) mass is 120 g/mol. The molecule has 2 heteroatoms. The Bertz CT molecular complexity index is 42.8. The van der Waals surface area contributed by atoms with Crippen LogP contribution in [0.5, 0.6) is 0 Å². The number of hydrogen-bond donors (Lipinski definition) is 0. The molecule has 0 atom stereocenters. The first-order chi connectivity index (χ1) is 2.93. The van der Waals surface area contributed by atoms with E-state index in [9.17, 15) is 0 Å². The van der Waals surface area contributed by atoms with E-state index in [1.165, 1.54) is 18.9 Å². The van der Waals surface area contributed by atoms with Crippen molar-refractivity contribution < 1.29 is 0 Å². The van der Waals surface area contributed by atoms with E-state index in [-0.39, 0.29) is 8.83 Å². The Morgan fingerprint density at radius 2 is 2.33 bits per heavy atom. The molecule has 0 radical (unpaired) electrons. The topological polar surface area (TPSA) is 0 Å². The fourth-order valence-corrected chi connectivity index (χ4v) is 2.37. The van der Waals surface area contributed by atoms with Gasteiger partial charge in [0.15, 0.2) is 0 Å². The Hall–Kier alpha value is 0.507. The maximum Gasteiger partial charge on any atom is 0.125 e. The van der Waals surface area contributed by atoms with Crippen molar-refractivity contribution in [1.29, 1.82) is 0 Å². The summed E-state index contributed by atoms with van der Waals surface area (Å²) in [6.45, 7) is 0. The largest absolute Gasteiger partial charge is 0.176 e. The van der Waals surface area contributed by atoms with Gasteiger partial charge in [-0.25, -0.2) is 0 Å². The van der Waals surface area contributed by atoms with Crippen LogP contribution < -0.4 is 0 Å². The second-order valence-electron chi connectivity index (χ2n) is 1.92. The summed E-state index contributed by atoms with van der Waals surface area (Å²) in [5.41, 5.74) is 0. The van der Waals surface area contributed by atoms with E-state index >= 15 is 0 Å². The van der Waals surface area contributed by atoms with Gasteiger partial charge in [0, 0.05) is 0 Å². The molecule has 1 aliphatic carbocycles. The fraction of sp³-hybridized carbons (Fsp3) is 1.00. The van der Waals surface area contributed by atoms with Crippen LogP contribution in [0.15, 0.2) is 0 Å². The summed E-state index contributed by atoms with van der Waals surface area (Å²) in [4.78, 5) is 0. The fourth-order valence-electron chi connectivity index (χ4n) is 0.561. The van der Waals surface area contributed by atoms with Gasteiger partial charge in [0.05, 0.1) is 0 Å². The lowest BCUT2D eigenvalue weighted by molar-refractivity contribution is 0.976. The Kier molecular flexibility index (Phi) is 1.54. The summed E-state index contributed by atoms with van der Waals surface area (Å²) in [5, 5.41) is 0. The van der Waals surface area contributed by atoms with Gasteiger partial charge in [-0.15, -0.1) is 0 Å². The summed E-state index contributed by atoms with van der Waals surface area (Å²) in [6, 6.07) is 1.39. The minimum Gasteiger partial charge on any atom is -0.176 e. The smallest absolute Gasteiger partial charge is 0.125 e. The third-order valence-corrected chi connectivity index (χ3v) is 2.90. The average Bonchev–Trinajstić information content (AvgIpc) is 2.21. The van der Waals surface area contributed by atoms with Crippen molar-refractivity contribution in [3.05, 3.63) is 0 Å². The molecule has 0 spiro atoms. The minimum absolute atomic E-state index is 0.0988. The summed E-state index contributed by atoms with van der Waals surface area (Å²) < 4.78 is 0. The first-order valence-corrected chi connectivity index (χ1v) is 5.63. The molecule has 0 N–H and O–H groups in total. The van der Waals surface area contributed by atoms with Crippen molar-refractivity contribution in [1.82, 2.24) is 0 Å². The zero-order valence-corrected chi connectivity index (χ0v) is 5.95. The van der Waals surface area contributed by atoms with Crippen LogP contribution in [0.3, 0.4) is 0 Å². The van der Waals surface area contributed by atoms with Crippen LogP contribution in [0.2, 0.25) is 6.04 Å². The molecule has 0 amide bonds. The maximum absolute atomic E-state index is 5.58. The van der Waals surface area contributed by atoms with Crippen molar-refractivity contribution in [3.8, 4) is 0 Å². The quantitative estimate of drug-likeness (QED) is 0.379. The van der Waals surface area contributed by atoms with Gasteiger partial charge in [0.2, 0.25) is 0 Å². The van der Waals surface area contributed by atoms with E-state index in [4.69, 9.17) is 11.1 Å². The van der Waals surface area contributed by atoms with Crippen LogP contribution in [-0.4, -0.2) is 8.83 Å². The predicted molar refractivity (Wildman–Crippen MR) is 31.9 cm³/mol. The number of rotatable bonds is 2. The second-order valence-corrected chi connectivity index (χ2v) is 4.01. The van der Waals surface area contributed by atoms with Crippen molar-refractivity contribution >= 4 is 19.9 Å². The van der Waals surface area contributed by atoms with Crippen molar-refractivity contribution in [2.24, 2.45) is 5.92 Å². The Balaban J connectivity index is 1.88. The van der Waals surface area contributed by atoms with E-state index in [0.29, 0.717) is 0 Å². The molecule has 1 rings (SSSR count). The first-order valence-electron chi connectivity index (χ1n) is 2.49. The van der Waals surface area contributed by atoms with E-state index in [2.05, 4.69) is 0 Å². The van der Waals surface area contributed by atoms with Crippen LogP contribution in [0.1, 0.15) is 12.8 Å². The Morgan fingerprint density at radius 1 is 1.67 bits per heavy atom. The van der Waals surface area contributed by atoms with E-state index in [1.54, 1.807) is 0 Å². The molecule has 1 saturated carbocycles. The molecule has 0 aromatic carbocycles. The first kappa shape index (κ1) is 4.66. The molecule has 0 unspecified atom stereocenters. The number of hydrogen-bond acceptors (Lipinski definition) is 0. The van der Waals surface area contributed by atoms with Gasteiger partial charge in [-0.1, -0.05) is 12.8 Å². The molecule has 1 aliphatic rings. The second kappa shape index (κ2) is 1.98. The maximum atomic E-state index is 5.58. The molecule has 0 nitrogen and oxygen atoms in total. The molecule has 36 valence electrons. The normalized spacial score (nSPS) is 23.5. The predicted octanol–water partition coefficient (Wildman–Crippen LogP) is 1.14. The third-order valence-electron chi connectivity index (χ3n) is 1.21. The third kappa shape index (κ3) is 1.31. The van der Waals surface area contributed by atoms with Crippen LogP contribution in [-0.2, 0) is 0 Å². The van der Waals surface area contributed by atoms with E-state index < -0.39 is 0 Å². The average molecular weight is 121 g/mol. The number of halogens is 1. The van der Waals surface area contributed by atoms with Gasteiger partial charge in [0.25, 0.3) is 0 Å². The Morgan fingerprint density at radius 3 is 2.50 bits per heavy atom. The summed E-state index contributed by atoms with van der Waals surface area (Å²) >= 11 is 5.58. The van der Waals surface area contributed by atoms with E-state index in [1.807, 2.05) is 0 Å². The van der Waals surface area contributed by atoms with E-state index in [0.717, 1.165) is 5.92 Å². The molecule has 0 aliphatic heterocycles. The molecular formula is C4H9ClSi. The highest BCUT2D eigenvalue weighted by atomic mass is 35.6.